The van der Waals surface area contributed by atoms with Gasteiger partial charge >= 0.3 is 12.4 Å². The largest absolute Gasteiger partial charge is 0.512 e. The standard InChI is InChI=1S/C26H16F6N3O.C5H8O2.Ir/c1-14-8-15(2)10-17(9-14)21-33-24-22(34-23(36-24)16-6-4-3-5-7-16)35(21)20-12-18(25(27,28)29)11-19(13-20)26(30,31)32;1-4(6)3-5(2)7;/h3-9,11-13H,1-2H3;3,6H,1-2H3;/q-1;;/b;4-3-;. The molecule has 2 aromatic heterocycles. The van der Waals surface area contributed by atoms with E-state index in [0.717, 1.165) is 10.1 Å². The predicted octanol–water partition coefficient (Wildman–Crippen LogP) is 8.84. The minimum atomic E-state index is -5.01. The predicted molar refractivity (Wildman–Crippen MR) is 147 cm³/mol. The summed E-state index contributed by atoms with van der Waals surface area (Å²) in [5.74, 6) is 0.114. The van der Waals surface area contributed by atoms with Gasteiger partial charge in [0.05, 0.1) is 22.7 Å². The first-order chi connectivity index (χ1) is 20.0. The summed E-state index contributed by atoms with van der Waals surface area (Å²) in [6.07, 6.45) is -8.86. The number of oxazole rings is 1. The van der Waals surface area contributed by atoms with Crippen LogP contribution in [0.15, 0.2) is 76.9 Å². The fraction of sp³-hybridized carbons (Fsp3) is 0.194. The molecule has 6 nitrogen and oxygen atoms in total. The molecule has 0 aliphatic heterocycles. The van der Waals surface area contributed by atoms with Crippen LogP contribution in [0.25, 0.3) is 39.9 Å². The van der Waals surface area contributed by atoms with Gasteiger partial charge in [0.25, 0.3) is 5.71 Å². The molecule has 1 N–H and O–H groups in total. The number of carbonyl (C=O) groups excluding carboxylic acids is 1. The first kappa shape index (κ1) is 34.3. The van der Waals surface area contributed by atoms with Crippen LogP contribution < -0.4 is 0 Å². The first-order valence-electron chi connectivity index (χ1n) is 12.7. The van der Waals surface area contributed by atoms with Gasteiger partial charge in [0.1, 0.15) is 0 Å². The monoisotopic (exact) mass is 793 g/mol. The molecule has 0 aliphatic rings. The third-order valence-electron chi connectivity index (χ3n) is 5.88. The molecule has 0 spiro atoms. The zero-order valence-electron chi connectivity index (χ0n) is 23.6. The summed E-state index contributed by atoms with van der Waals surface area (Å²) in [7, 11) is 0. The Morgan fingerprint density at radius 3 is 1.98 bits per heavy atom. The molecular weight excluding hydrogens is 769 g/mol. The zero-order chi connectivity index (χ0) is 31.7. The molecule has 13 heteroatoms. The number of rotatable bonds is 4. The molecule has 0 bridgehead atoms. The molecule has 1 radical (unpaired) electrons. The summed E-state index contributed by atoms with van der Waals surface area (Å²) in [5.41, 5.74) is -0.900. The van der Waals surface area contributed by atoms with Gasteiger partial charge in [0.2, 0.25) is 5.89 Å². The van der Waals surface area contributed by atoms with Crippen LogP contribution in [0, 0.1) is 19.9 Å². The number of fused-ring (bicyclic) bond motifs is 1. The van der Waals surface area contributed by atoms with Gasteiger partial charge < -0.3 is 14.1 Å². The number of ketones is 1. The number of aromatic nitrogens is 3. The number of aliphatic hydroxyl groups excluding tert-OH is 1. The molecule has 0 amide bonds. The molecule has 2 heterocycles. The van der Waals surface area contributed by atoms with Gasteiger partial charge in [0, 0.05) is 37.4 Å². The van der Waals surface area contributed by atoms with Gasteiger partial charge in [-0.25, -0.2) is 4.98 Å². The van der Waals surface area contributed by atoms with E-state index in [0.29, 0.717) is 28.8 Å². The number of allylic oxidation sites excluding steroid dienone is 2. The van der Waals surface area contributed by atoms with Crippen LogP contribution >= 0.6 is 0 Å². The molecule has 0 aliphatic carbocycles. The van der Waals surface area contributed by atoms with E-state index in [2.05, 4.69) is 16.0 Å². The van der Waals surface area contributed by atoms with E-state index in [-0.39, 0.29) is 60.8 Å². The van der Waals surface area contributed by atoms with Crippen molar-refractivity contribution < 1.29 is 60.8 Å². The van der Waals surface area contributed by atoms with Gasteiger partial charge in [-0.3, -0.25) is 4.79 Å². The number of aryl methyl sites for hydroxylation is 2. The summed E-state index contributed by atoms with van der Waals surface area (Å²) in [4.78, 5) is 18.8. The second kappa shape index (κ2) is 13.2. The van der Waals surface area contributed by atoms with Gasteiger partial charge in [-0.05, 0) is 44.2 Å². The van der Waals surface area contributed by atoms with Crippen LogP contribution in [0.4, 0.5) is 26.3 Å². The van der Waals surface area contributed by atoms with Crippen LogP contribution in [0.3, 0.4) is 0 Å². The van der Waals surface area contributed by atoms with Gasteiger partial charge in [0.15, 0.2) is 11.4 Å². The van der Waals surface area contributed by atoms with Crippen LogP contribution in [-0.2, 0) is 37.3 Å². The Bertz CT molecular complexity index is 1770. The van der Waals surface area contributed by atoms with Gasteiger partial charge in [-0.2, -0.15) is 31.3 Å². The quantitative estimate of drug-likeness (QED) is 0.0852. The summed E-state index contributed by atoms with van der Waals surface area (Å²) < 4.78 is 88.6. The fourth-order valence-corrected chi connectivity index (χ4v) is 4.28. The maximum Gasteiger partial charge on any atom is 0.416 e. The molecule has 0 fully saturated rings. The van der Waals surface area contributed by atoms with Crippen LogP contribution in [0.1, 0.15) is 36.1 Å². The summed E-state index contributed by atoms with van der Waals surface area (Å²) in [6.45, 7) is 6.42. The molecule has 5 aromatic rings. The van der Waals surface area contributed by atoms with Crippen molar-refractivity contribution >= 4 is 17.1 Å². The Hall–Kier alpha value is -4.22. The van der Waals surface area contributed by atoms with Crippen LogP contribution in [-0.4, -0.2) is 25.4 Å². The normalized spacial score (nSPS) is 12.0. The molecule has 3 aromatic carbocycles. The third-order valence-corrected chi connectivity index (χ3v) is 5.88. The number of hydrogen-bond donors (Lipinski definition) is 1. The topological polar surface area (TPSA) is 81.2 Å². The van der Waals surface area contributed by atoms with Crippen molar-refractivity contribution in [2.75, 3.05) is 0 Å². The van der Waals surface area contributed by atoms with Crippen molar-refractivity contribution in [2.24, 2.45) is 0 Å². The number of hydrogen-bond acceptors (Lipinski definition) is 5. The SMILES string of the molecule is CC(=O)/C=C(/C)O.Cc1[c-]c(-c2nc3oc(-c4ccccc4)nc3n2-c2cc(C(F)(F)F)cc(C(F)(F)F)c2)cc(C)c1.[Ir]. The minimum absolute atomic E-state index is 0. The number of imidazole rings is 1. The van der Waals surface area contributed by atoms with Crippen molar-refractivity contribution in [1.82, 2.24) is 14.5 Å². The second-order valence-electron chi connectivity index (χ2n) is 9.70. The Kier molecular flexibility index (Phi) is 10.3. The number of alkyl halides is 6. The van der Waals surface area contributed by atoms with E-state index in [1.165, 1.54) is 19.9 Å². The van der Waals surface area contributed by atoms with E-state index >= 15 is 0 Å². The Labute approximate surface area is 261 Å². The average Bonchev–Trinajstić information content (AvgIpc) is 3.45. The Balaban J connectivity index is 0.000000594. The van der Waals surface area contributed by atoms with Gasteiger partial charge in [-0.15, -0.1) is 34.9 Å². The van der Waals surface area contributed by atoms with Gasteiger partial charge in [-0.1, -0.05) is 32.0 Å². The number of halogens is 6. The molecule has 0 atom stereocenters. The molecule has 0 saturated heterocycles. The molecule has 0 saturated carbocycles. The van der Waals surface area contributed by atoms with E-state index in [4.69, 9.17) is 9.52 Å². The summed E-state index contributed by atoms with van der Waals surface area (Å²) in [6, 6.07) is 16.6. The van der Waals surface area contributed by atoms with E-state index in [1.807, 2.05) is 6.07 Å². The van der Waals surface area contributed by atoms with E-state index in [1.54, 1.807) is 50.2 Å². The molecular formula is C31H24F6IrN3O3-. The minimum Gasteiger partial charge on any atom is -0.512 e. The number of nitrogens with zero attached hydrogens (tertiary/aromatic N) is 3. The molecule has 233 valence electrons. The summed E-state index contributed by atoms with van der Waals surface area (Å²) >= 11 is 0. The van der Waals surface area contributed by atoms with Crippen molar-refractivity contribution in [1.29, 1.82) is 0 Å². The van der Waals surface area contributed by atoms with Crippen molar-refractivity contribution in [3.8, 4) is 28.5 Å². The van der Waals surface area contributed by atoms with E-state index in [9.17, 15) is 31.1 Å². The molecule has 44 heavy (non-hydrogen) atoms. The van der Waals surface area contributed by atoms with Crippen molar-refractivity contribution in [3.63, 3.8) is 0 Å². The maximum absolute atomic E-state index is 13.6. The Morgan fingerprint density at radius 1 is 0.909 bits per heavy atom. The smallest absolute Gasteiger partial charge is 0.416 e. The number of aliphatic hydroxyl groups is 1. The average molecular weight is 793 g/mol. The molecule has 5 rings (SSSR count). The fourth-order valence-electron chi connectivity index (χ4n) is 4.28. The Morgan fingerprint density at radius 2 is 1.50 bits per heavy atom. The second-order valence-corrected chi connectivity index (χ2v) is 9.70. The first-order valence-corrected chi connectivity index (χ1v) is 12.7. The summed E-state index contributed by atoms with van der Waals surface area (Å²) in [5, 5.41) is 8.36. The van der Waals surface area contributed by atoms with Crippen molar-refractivity contribution in [3.05, 3.63) is 101 Å². The van der Waals surface area contributed by atoms with Crippen molar-refractivity contribution in [2.45, 2.75) is 40.0 Å². The third kappa shape index (κ3) is 8.03. The zero-order valence-corrected chi connectivity index (χ0v) is 26.0. The maximum atomic E-state index is 13.6. The van der Waals surface area contributed by atoms with Crippen LogP contribution in [0.2, 0.25) is 0 Å². The van der Waals surface area contributed by atoms with Crippen LogP contribution in [0.5, 0.6) is 0 Å². The van der Waals surface area contributed by atoms with E-state index < -0.39 is 29.2 Å². The number of carbonyl (C=O) groups is 1. The molecule has 0 unspecified atom stereocenters. The number of benzene rings is 3.